The molecule has 1 aliphatic rings. The van der Waals surface area contributed by atoms with Crippen molar-refractivity contribution < 1.29 is 9.13 Å². The Morgan fingerprint density at radius 1 is 1.47 bits per heavy atom. The van der Waals surface area contributed by atoms with Crippen LogP contribution >= 0.6 is 12.2 Å². The highest BCUT2D eigenvalue weighted by Crippen LogP contribution is 2.25. The second-order valence-electron chi connectivity index (χ2n) is 4.91. The van der Waals surface area contributed by atoms with Crippen LogP contribution in [-0.4, -0.2) is 24.2 Å². The van der Waals surface area contributed by atoms with Crippen molar-refractivity contribution in [2.24, 2.45) is 11.7 Å². The van der Waals surface area contributed by atoms with E-state index in [-0.39, 0.29) is 16.8 Å². The zero-order valence-corrected chi connectivity index (χ0v) is 11.8. The van der Waals surface area contributed by atoms with Crippen LogP contribution < -0.4 is 11.1 Å². The van der Waals surface area contributed by atoms with E-state index >= 15 is 0 Å². The summed E-state index contributed by atoms with van der Waals surface area (Å²) in [6.45, 7) is 3.69. The molecule has 1 aliphatic heterocycles. The summed E-state index contributed by atoms with van der Waals surface area (Å²) < 4.78 is 19.1. The molecule has 1 aromatic rings. The molecule has 1 atom stereocenters. The van der Waals surface area contributed by atoms with Crippen molar-refractivity contribution in [2.45, 2.75) is 25.8 Å². The van der Waals surface area contributed by atoms with Crippen LogP contribution in [-0.2, 0) is 4.74 Å². The Balaban J connectivity index is 2.14. The van der Waals surface area contributed by atoms with Crippen molar-refractivity contribution in [2.75, 3.05) is 18.5 Å². The van der Waals surface area contributed by atoms with Crippen LogP contribution in [0.5, 0.6) is 0 Å². The van der Waals surface area contributed by atoms with Crippen molar-refractivity contribution >= 4 is 22.9 Å². The molecule has 0 amide bonds. The van der Waals surface area contributed by atoms with E-state index < -0.39 is 0 Å². The van der Waals surface area contributed by atoms with Gasteiger partial charge >= 0.3 is 0 Å². The third kappa shape index (κ3) is 3.42. The number of anilines is 1. The van der Waals surface area contributed by atoms with Gasteiger partial charge in [0.2, 0.25) is 0 Å². The first-order valence-corrected chi connectivity index (χ1v) is 6.93. The van der Waals surface area contributed by atoms with E-state index in [1.807, 2.05) is 6.07 Å². The van der Waals surface area contributed by atoms with Gasteiger partial charge in [0, 0.05) is 24.9 Å². The summed E-state index contributed by atoms with van der Waals surface area (Å²) in [5, 5.41) is 3.34. The minimum Gasteiger partial charge on any atom is -0.389 e. The van der Waals surface area contributed by atoms with Crippen molar-refractivity contribution in [3.63, 3.8) is 0 Å². The molecule has 5 heteroatoms. The molecule has 19 heavy (non-hydrogen) atoms. The smallest absolute Gasteiger partial charge is 0.135 e. The molecule has 0 aromatic heterocycles. The summed E-state index contributed by atoms with van der Waals surface area (Å²) in [5.74, 6) is 0.146. The summed E-state index contributed by atoms with van der Waals surface area (Å²) in [4.78, 5) is 0.0831. The van der Waals surface area contributed by atoms with Gasteiger partial charge in [-0.15, -0.1) is 0 Å². The van der Waals surface area contributed by atoms with E-state index in [1.165, 1.54) is 6.07 Å². The fourth-order valence-corrected chi connectivity index (χ4v) is 2.68. The Kier molecular flexibility index (Phi) is 4.71. The van der Waals surface area contributed by atoms with Crippen LogP contribution in [0.25, 0.3) is 0 Å². The minimum atomic E-state index is -0.378. The van der Waals surface area contributed by atoms with Gasteiger partial charge < -0.3 is 15.8 Å². The lowest BCUT2D eigenvalue weighted by molar-refractivity contribution is 0.0622. The van der Waals surface area contributed by atoms with Gasteiger partial charge in [0.1, 0.15) is 10.8 Å². The van der Waals surface area contributed by atoms with Gasteiger partial charge in [0.15, 0.2) is 0 Å². The van der Waals surface area contributed by atoms with E-state index in [9.17, 15) is 4.39 Å². The Morgan fingerprint density at radius 3 is 2.79 bits per heavy atom. The molecule has 0 bridgehead atoms. The zero-order chi connectivity index (χ0) is 13.8. The SMILES string of the molecule is CC(Nc1cccc(F)c1C(N)=S)C1CCOCC1. The summed E-state index contributed by atoms with van der Waals surface area (Å²) in [5.41, 5.74) is 6.58. The standard InChI is InChI=1S/C14H19FN2OS/c1-9(10-5-7-18-8-6-10)17-12-4-2-3-11(15)13(12)14(16)19/h2-4,9-10,17H,5-8H2,1H3,(H2,16,19). The largest absolute Gasteiger partial charge is 0.389 e. The Morgan fingerprint density at radius 2 is 2.16 bits per heavy atom. The third-order valence-corrected chi connectivity index (χ3v) is 3.82. The van der Waals surface area contributed by atoms with Gasteiger partial charge in [-0.05, 0) is 37.8 Å². The van der Waals surface area contributed by atoms with Crippen molar-refractivity contribution in [1.29, 1.82) is 0 Å². The number of thiocarbonyl (C=S) groups is 1. The number of benzene rings is 1. The highest BCUT2D eigenvalue weighted by molar-refractivity contribution is 7.80. The molecule has 1 aromatic carbocycles. The highest BCUT2D eigenvalue weighted by atomic mass is 32.1. The number of halogens is 1. The molecular weight excluding hydrogens is 263 g/mol. The highest BCUT2D eigenvalue weighted by Gasteiger charge is 2.22. The number of nitrogens with two attached hydrogens (primary N) is 1. The molecule has 0 aliphatic carbocycles. The van der Waals surface area contributed by atoms with Crippen LogP contribution in [0.15, 0.2) is 18.2 Å². The molecule has 0 saturated carbocycles. The second kappa shape index (κ2) is 6.30. The molecule has 1 heterocycles. The van der Waals surface area contributed by atoms with Crippen LogP contribution in [0.2, 0.25) is 0 Å². The van der Waals surface area contributed by atoms with Gasteiger partial charge in [-0.2, -0.15) is 0 Å². The number of ether oxygens (including phenoxy) is 1. The van der Waals surface area contributed by atoms with Crippen molar-refractivity contribution in [3.8, 4) is 0 Å². The fraction of sp³-hybridized carbons (Fsp3) is 0.500. The quantitative estimate of drug-likeness (QED) is 0.834. The molecule has 0 radical (unpaired) electrons. The molecular formula is C14H19FN2OS. The first kappa shape index (κ1) is 14.2. The fourth-order valence-electron chi connectivity index (χ4n) is 2.47. The van der Waals surface area contributed by atoms with Crippen LogP contribution in [0.4, 0.5) is 10.1 Å². The topological polar surface area (TPSA) is 47.3 Å². The number of nitrogens with one attached hydrogen (secondary N) is 1. The molecule has 2 rings (SSSR count). The van der Waals surface area contributed by atoms with Gasteiger partial charge in [0.05, 0.1) is 5.56 Å². The predicted octanol–water partition coefficient (Wildman–Crippen LogP) is 2.69. The number of hydrogen-bond acceptors (Lipinski definition) is 3. The Labute approximate surface area is 118 Å². The first-order chi connectivity index (χ1) is 9.09. The Bertz CT molecular complexity index is 461. The Hall–Kier alpha value is -1.20. The molecule has 1 fully saturated rings. The maximum atomic E-state index is 13.8. The molecule has 1 saturated heterocycles. The maximum Gasteiger partial charge on any atom is 0.135 e. The lowest BCUT2D eigenvalue weighted by atomic mass is 9.92. The molecule has 0 spiro atoms. The lowest BCUT2D eigenvalue weighted by Gasteiger charge is -2.29. The predicted molar refractivity (Wildman–Crippen MR) is 78.9 cm³/mol. The lowest BCUT2D eigenvalue weighted by Crippen LogP contribution is -2.31. The van der Waals surface area contributed by atoms with E-state index in [2.05, 4.69) is 12.2 Å². The molecule has 3 N–H and O–H groups in total. The average Bonchev–Trinajstić information content (AvgIpc) is 2.39. The zero-order valence-electron chi connectivity index (χ0n) is 11.0. The third-order valence-electron chi connectivity index (χ3n) is 3.62. The van der Waals surface area contributed by atoms with Gasteiger partial charge in [0.25, 0.3) is 0 Å². The van der Waals surface area contributed by atoms with Gasteiger partial charge in [-0.3, -0.25) is 0 Å². The maximum absolute atomic E-state index is 13.8. The number of rotatable bonds is 4. The van der Waals surface area contributed by atoms with Crippen molar-refractivity contribution in [1.82, 2.24) is 0 Å². The minimum absolute atomic E-state index is 0.0831. The number of hydrogen-bond donors (Lipinski definition) is 2. The monoisotopic (exact) mass is 282 g/mol. The summed E-state index contributed by atoms with van der Waals surface area (Å²) in [6, 6.07) is 5.08. The van der Waals surface area contributed by atoms with E-state index in [4.69, 9.17) is 22.7 Å². The summed E-state index contributed by atoms with van der Waals surface area (Å²) >= 11 is 4.92. The second-order valence-corrected chi connectivity index (χ2v) is 5.35. The van der Waals surface area contributed by atoms with Crippen LogP contribution in [0.3, 0.4) is 0 Å². The molecule has 1 unspecified atom stereocenters. The van der Waals surface area contributed by atoms with Crippen LogP contribution in [0, 0.1) is 11.7 Å². The van der Waals surface area contributed by atoms with Gasteiger partial charge in [-0.1, -0.05) is 18.3 Å². The van der Waals surface area contributed by atoms with Crippen molar-refractivity contribution in [3.05, 3.63) is 29.6 Å². The summed E-state index contributed by atoms with van der Waals surface area (Å²) in [7, 11) is 0. The van der Waals surface area contributed by atoms with Gasteiger partial charge in [-0.25, -0.2) is 4.39 Å². The normalized spacial score (nSPS) is 18.0. The molecule has 104 valence electrons. The van der Waals surface area contributed by atoms with Crippen LogP contribution in [0.1, 0.15) is 25.3 Å². The molecule has 3 nitrogen and oxygen atoms in total. The average molecular weight is 282 g/mol. The van der Waals surface area contributed by atoms with E-state index in [0.29, 0.717) is 17.2 Å². The first-order valence-electron chi connectivity index (χ1n) is 6.52. The van der Waals surface area contributed by atoms with E-state index in [1.54, 1.807) is 6.07 Å². The summed E-state index contributed by atoms with van der Waals surface area (Å²) in [6.07, 6.45) is 2.04. The van der Waals surface area contributed by atoms with E-state index in [0.717, 1.165) is 26.1 Å².